The van der Waals surface area contributed by atoms with Gasteiger partial charge in [-0.15, -0.1) is 0 Å². The first-order valence-electron chi connectivity index (χ1n) is 7.33. The van der Waals surface area contributed by atoms with Crippen LogP contribution in [-0.4, -0.2) is 51.5 Å². The van der Waals surface area contributed by atoms with Crippen molar-refractivity contribution in [1.82, 2.24) is 19.8 Å². The second kappa shape index (κ2) is 5.92. The molecule has 0 spiro atoms. The molecule has 0 N–H and O–H groups in total. The zero-order chi connectivity index (χ0) is 15.7. The number of methoxy groups -OCH3 is 1. The Hall–Kier alpha value is -2.15. The van der Waals surface area contributed by atoms with Crippen molar-refractivity contribution in [2.45, 2.75) is 31.9 Å². The minimum absolute atomic E-state index is 0.0151. The maximum atomic E-state index is 12.7. The van der Waals surface area contributed by atoms with Gasteiger partial charge in [-0.05, 0) is 25.3 Å². The maximum Gasteiger partial charge on any atom is 0.276 e. The number of rotatable bonds is 4. The molecule has 1 aliphatic rings. The zero-order valence-electron chi connectivity index (χ0n) is 13.0. The predicted octanol–water partition coefficient (Wildman–Crippen LogP) is 1.19. The second-order valence-electron chi connectivity index (χ2n) is 5.68. The summed E-state index contributed by atoms with van der Waals surface area (Å²) in [5, 5.41) is 8.02. The molecule has 3 rings (SSSR count). The highest BCUT2D eigenvalue weighted by Gasteiger charge is 2.38. The van der Waals surface area contributed by atoms with Crippen LogP contribution in [0.4, 0.5) is 0 Å². The van der Waals surface area contributed by atoms with Gasteiger partial charge >= 0.3 is 0 Å². The van der Waals surface area contributed by atoms with Crippen LogP contribution in [0, 0.1) is 6.92 Å². The van der Waals surface area contributed by atoms with Crippen molar-refractivity contribution in [2.24, 2.45) is 7.05 Å². The normalized spacial score (nSPS) is 21.5. The van der Waals surface area contributed by atoms with Gasteiger partial charge in [-0.3, -0.25) is 9.48 Å². The van der Waals surface area contributed by atoms with Crippen LogP contribution in [0.2, 0.25) is 0 Å². The maximum absolute atomic E-state index is 12.7. The van der Waals surface area contributed by atoms with Crippen molar-refractivity contribution in [1.29, 1.82) is 0 Å². The fourth-order valence-corrected chi connectivity index (χ4v) is 3.03. The quantitative estimate of drug-likeness (QED) is 0.848. The number of carbonyl (C=O) groups is 1. The van der Waals surface area contributed by atoms with Crippen molar-refractivity contribution in [3.8, 4) is 0 Å². The Morgan fingerprint density at radius 1 is 1.55 bits per heavy atom. The van der Waals surface area contributed by atoms with Crippen molar-refractivity contribution >= 4 is 5.91 Å². The van der Waals surface area contributed by atoms with E-state index in [1.165, 1.54) is 0 Å². The molecule has 2 atom stereocenters. The lowest BCUT2D eigenvalue weighted by Crippen LogP contribution is -2.41. The fourth-order valence-electron chi connectivity index (χ4n) is 3.03. The molecule has 1 aliphatic heterocycles. The number of likely N-dealkylation sites (tertiary alicyclic amines) is 1. The van der Waals surface area contributed by atoms with E-state index < -0.39 is 0 Å². The Kier molecular flexibility index (Phi) is 3.98. The molecule has 1 amide bonds. The topological polar surface area (TPSA) is 73.4 Å². The highest BCUT2D eigenvalue weighted by molar-refractivity contribution is 5.92. The van der Waals surface area contributed by atoms with Gasteiger partial charge in [0.05, 0.1) is 18.3 Å². The average molecular weight is 304 g/mol. The van der Waals surface area contributed by atoms with Gasteiger partial charge in [0.15, 0.2) is 5.69 Å². The van der Waals surface area contributed by atoms with Gasteiger partial charge in [-0.25, -0.2) is 0 Å². The third kappa shape index (κ3) is 2.76. The summed E-state index contributed by atoms with van der Waals surface area (Å²) in [4.78, 5) is 14.5. The standard InChI is InChI=1S/C15H20N4O3/c1-10-6-12(17-22-10)15(20)19-5-4-14(21-3)13(19)7-11-8-16-18(2)9-11/h6,8-9,13-14H,4-5,7H2,1-3H3/t13-,14-/m1/s1. The summed E-state index contributed by atoms with van der Waals surface area (Å²) in [6, 6.07) is 1.66. The largest absolute Gasteiger partial charge is 0.379 e. The predicted molar refractivity (Wildman–Crippen MR) is 78.4 cm³/mol. The van der Waals surface area contributed by atoms with E-state index in [1.54, 1.807) is 24.8 Å². The zero-order valence-corrected chi connectivity index (χ0v) is 13.0. The summed E-state index contributed by atoms with van der Waals surface area (Å²) in [5.74, 6) is 0.528. The molecule has 1 saturated heterocycles. The van der Waals surface area contributed by atoms with Gasteiger partial charge in [0.2, 0.25) is 0 Å². The summed E-state index contributed by atoms with van der Waals surface area (Å²) in [6.45, 7) is 2.44. The number of aryl methyl sites for hydroxylation is 2. The van der Waals surface area contributed by atoms with Crippen LogP contribution in [0.3, 0.4) is 0 Å². The first kappa shape index (κ1) is 14.8. The highest BCUT2D eigenvalue weighted by Crippen LogP contribution is 2.25. The third-order valence-electron chi connectivity index (χ3n) is 4.10. The Labute approximate surface area is 128 Å². The van der Waals surface area contributed by atoms with Crippen LogP contribution in [0.5, 0.6) is 0 Å². The molecule has 22 heavy (non-hydrogen) atoms. The van der Waals surface area contributed by atoms with E-state index >= 15 is 0 Å². The molecular formula is C15H20N4O3. The van der Waals surface area contributed by atoms with Crippen LogP contribution in [-0.2, 0) is 18.2 Å². The van der Waals surface area contributed by atoms with Crippen LogP contribution in [0.15, 0.2) is 23.0 Å². The highest BCUT2D eigenvalue weighted by atomic mass is 16.5. The molecule has 7 heteroatoms. The number of hydrogen-bond donors (Lipinski definition) is 0. The monoisotopic (exact) mass is 304 g/mol. The minimum Gasteiger partial charge on any atom is -0.379 e. The molecule has 0 radical (unpaired) electrons. The minimum atomic E-state index is -0.106. The van der Waals surface area contributed by atoms with E-state index in [0.29, 0.717) is 18.0 Å². The lowest BCUT2D eigenvalue weighted by Gasteiger charge is -2.26. The third-order valence-corrected chi connectivity index (χ3v) is 4.10. The van der Waals surface area contributed by atoms with Gasteiger partial charge in [0.25, 0.3) is 5.91 Å². The van der Waals surface area contributed by atoms with Gasteiger partial charge in [-0.1, -0.05) is 5.16 Å². The number of aromatic nitrogens is 3. The molecule has 1 fully saturated rings. The van der Waals surface area contributed by atoms with Crippen molar-refractivity contribution < 1.29 is 14.1 Å². The summed E-state index contributed by atoms with van der Waals surface area (Å²) in [7, 11) is 3.57. The van der Waals surface area contributed by atoms with Crippen LogP contribution in [0.25, 0.3) is 0 Å². The Morgan fingerprint density at radius 3 is 2.95 bits per heavy atom. The fraction of sp³-hybridized carbons (Fsp3) is 0.533. The van der Waals surface area contributed by atoms with E-state index in [1.807, 2.05) is 24.3 Å². The summed E-state index contributed by atoms with van der Waals surface area (Å²) in [6.07, 6.45) is 5.36. The summed E-state index contributed by atoms with van der Waals surface area (Å²) >= 11 is 0. The lowest BCUT2D eigenvalue weighted by atomic mass is 10.0. The summed E-state index contributed by atoms with van der Waals surface area (Å²) < 4.78 is 12.3. The number of nitrogens with zero attached hydrogens (tertiary/aromatic N) is 4. The Balaban J connectivity index is 1.81. The van der Waals surface area contributed by atoms with Crippen molar-refractivity contribution in [2.75, 3.05) is 13.7 Å². The van der Waals surface area contributed by atoms with Gasteiger partial charge in [-0.2, -0.15) is 5.10 Å². The smallest absolute Gasteiger partial charge is 0.276 e. The number of hydrogen-bond acceptors (Lipinski definition) is 5. The van der Waals surface area contributed by atoms with Crippen molar-refractivity contribution in [3.05, 3.63) is 35.5 Å². The van der Waals surface area contributed by atoms with Gasteiger partial charge < -0.3 is 14.2 Å². The van der Waals surface area contributed by atoms with Crippen LogP contribution < -0.4 is 0 Å². The van der Waals surface area contributed by atoms with Crippen LogP contribution in [0.1, 0.15) is 28.2 Å². The Morgan fingerprint density at radius 2 is 2.36 bits per heavy atom. The first-order chi connectivity index (χ1) is 10.6. The molecular weight excluding hydrogens is 284 g/mol. The molecule has 3 heterocycles. The van der Waals surface area contributed by atoms with Gasteiger partial charge in [0.1, 0.15) is 5.76 Å². The van der Waals surface area contributed by atoms with E-state index in [9.17, 15) is 4.79 Å². The van der Waals surface area contributed by atoms with Crippen LogP contribution >= 0.6 is 0 Å². The molecule has 0 unspecified atom stereocenters. The average Bonchev–Trinajstić information content (AvgIpc) is 3.19. The molecule has 0 saturated carbocycles. The molecule has 0 aliphatic carbocycles. The molecule has 118 valence electrons. The molecule has 2 aromatic heterocycles. The molecule has 2 aromatic rings. The number of carbonyl (C=O) groups excluding carboxylic acids is 1. The molecule has 0 bridgehead atoms. The van der Waals surface area contributed by atoms with E-state index in [2.05, 4.69) is 10.3 Å². The van der Waals surface area contributed by atoms with Crippen molar-refractivity contribution in [3.63, 3.8) is 0 Å². The summed E-state index contributed by atoms with van der Waals surface area (Å²) in [5.41, 5.74) is 1.44. The number of ether oxygens (including phenoxy) is 1. The van der Waals surface area contributed by atoms with E-state index in [4.69, 9.17) is 9.26 Å². The number of amides is 1. The molecule has 0 aromatic carbocycles. The van der Waals surface area contributed by atoms with E-state index in [-0.39, 0.29) is 18.1 Å². The lowest BCUT2D eigenvalue weighted by molar-refractivity contribution is 0.0502. The van der Waals surface area contributed by atoms with Gasteiger partial charge in [0, 0.05) is 33.0 Å². The SMILES string of the molecule is CO[C@@H]1CCN(C(=O)c2cc(C)on2)[C@@H]1Cc1cnn(C)c1. The first-order valence-corrected chi connectivity index (χ1v) is 7.33. The molecule has 7 nitrogen and oxygen atoms in total. The second-order valence-corrected chi connectivity index (χ2v) is 5.68. The Bertz CT molecular complexity index is 663. The van der Waals surface area contributed by atoms with E-state index in [0.717, 1.165) is 18.4 Å².